The number of morpholine rings is 1. The highest BCUT2D eigenvalue weighted by atomic mass is 16.5. The zero-order valence-corrected chi connectivity index (χ0v) is 15.7. The van der Waals surface area contributed by atoms with E-state index in [1.54, 1.807) is 22.0 Å². The second-order valence-corrected chi connectivity index (χ2v) is 7.52. The smallest absolute Gasteiger partial charge is 0.317 e. The molecule has 0 bridgehead atoms. The number of hydrogen-bond acceptors (Lipinski definition) is 5. The Bertz CT molecular complexity index is 853. The van der Waals surface area contributed by atoms with Gasteiger partial charge in [-0.15, -0.1) is 0 Å². The predicted octanol–water partition coefficient (Wildman–Crippen LogP) is 0.933. The Morgan fingerprint density at radius 3 is 2.79 bits per heavy atom. The number of carbonyl (C=O) groups excluding carboxylic acids is 1. The summed E-state index contributed by atoms with van der Waals surface area (Å²) in [5.41, 5.74) is 1.22. The molecule has 28 heavy (non-hydrogen) atoms. The van der Waals surface area contributed by atoms with Crippen molar-refractivity contribution in [2.24, 2.45) is 0 Å². The van der Waals surface area contributed by atoms with Crippen LogP contribution in [0.1, 0.15) is 22.3 Å². The molecule has 2 fully saturated rings. The fourth-order valence-electron chi connectivity index (χ4n) is 4.03. The van der Waals surface area contributed by atoms with Crippen LogP contribution in [0.25, 0.3) is 0 Å². The van der Waals surface area contributed by atoms with Crippen molar-refractivity contribution in [2.75, 3.05) is 39.3 Å². The molecule has 2 aliphatic heterocycles. The van der Waals surface area contributed by atoms with E-state index in [0.717, 1.165) is 12.0 Å². The first kappa shape index (κ1) is 18.6. The first-order chi connectivity index (χ1) is 13.5. The van der Waals surface area contributed by atoms with Crippen molar-refractivity contribution >= 4 is 11.9 Å². The van der Waals surface area contributed by atoms with Crippen molar-refractivity contribution in [3.8, 4) is 0 Å². The van der Waals surface area contributed by atoms with Gasteiger partial charge in [0.05, 0.1) is 43.6 Å². The monoisotopic (exact) mass is 384 g/mol. The summed E-state index contributed by atoms with van der Waals surface area (Å²) < 4.78 is 7.76. The number of aliphatic carboxylic acids is 1. The number of carboxylic acid groups (broad SMARTS) is 1. The normalized spacial score (nSPS) is 22.6. The highest BCUT2D eigenvalue weighted by molar-refractivity contribution is 5.93. The summed E-state index contributed by atoms with van der Waals surface area (Å²) in [4.78, 5) is 27.6. The molecule has 3 heterocycles. The van der Waals surface area contributed by atoms with Crippen LogP contribution in [0.5, 0.6) is 0 Å². The molecule has 1 unspecified atom stereocenters. The number of amides is 1. The van der Waals surface area contributed by atoms with Crippen LogP contribution in [0.2, 0.25) is 0 Å². The third kappa shape index (κ3) is 4.07. The minimum Gasteiger partial charge on any atom is -0.480 e. The van der Waals surface area contributed by atoms with Gasteiger partial charge in [-0.3, -0.25) is 19.2 Å². The van der Waals surface area contributed by atoms with Crippen LogP contribution < -0.4 is 0 Å². The van der Waals surface area contributed by atoms with Crippen molar-refractivity contribution in [3.05, 3.63) is 53.9 Å². The molecule has 2 aromatic rings. The standard InChI is InChI=1S/C20H24N4O4/c25-18(26)13-22-7-6-20(14-22)15-23(8-9-28-20)19(27)17-10-21-24(12-17)11-16-4-2-1-3-5-16/h1-5,10,12H,6-9,11,13-15H2,(H,25,26). The number of likely N-dealkylation sites (tertiary alicyclic amines) is 1. The van der Waals surface area contributed by atoms with Crippen molar-refractivity contribution in [1.82, 2.24) is 19.6 Å². The van der Waals surface area contributed by atoms with Crippen molar-refractivity contribution in [1.29, 1.82) is 0 Å². The van der Waals surface area contributed by atoms with E-state index in [4.69, 9.17) is 9.84 Å². The van der Waals surface area contributed by atoms with Crippen LogP contribution in [-0.2, 0) is 16.1 Å². The molecule has 0 aliphatic carbocycles. The van der Waals surface area contributed by atoms with Gasteiger partial charge < -0.3 is 14.7 Å². The van der Waals surface area contributed by atoms with Gasteiger partial charge in [0.2, 0.25) is 0 Å². The van der Waals surface area contributed by atoms with E-state index < -0.39 is 11.6 Å². The Labute approximate surface area is 163 Å². The Hall–Kier alpha value is -2.71. The predicted molar refractivity (Wildman–Crippen MR) is 101 cm³/mol. The van der Waals surface area contributed by atoms with E-state index in [1.165, 1.54) is 0 Å². The van der Waals surface area contributed by atoms with Crippen LogP contribution in [0, 0.1) is 0 Å². The lowest BCUT2D eigenvalue weighted by Crippen LogP contribution is -2.55. The zero-order valence-electron chi connectivity index (χ0n) is 15.7. The summed E-state index contributed by atoms with van der Waals surface area (Å²) in [7, 11) is 0. The molecule has 148 valence electrons. The summed E-state index contributed by atoms with van der Waals surface area (Å²) >= 11 is 0. The number of carboxylic acids is 1. The third-order valence-electron chi connectivity index (χ3n) is 5.36. The molecule has 1 N–H and O–H groups in total. The maximum Gasteiger partial charge on any atom is 0.317 e. The first-order valence-electron chi connectivity index (χ1n) is 9.47. The van der Waals surface area contributed by atoms with Crippen molar-refractivity contribution in [3.63, 3.8) is 0 Å². The molecule has 2 saturated heterocycles. The summed E-state index contributed by atoms with van der Waals surface area (Å²) in [6, 6.07) is 9.98. The fraction of sp³-hybridized carbons (Fsp3) is 0.450. The van der Waals surface area contributed by atoms with Crippen molar-refractivity contribution in [2.45, 2.75) is 18.6 Å². The SMILES string of the molecule is O=C(O)CN1CCC2(C1)CN(C(=O)c1cnn(Cc3ccccc3)c1)CCO2. The Kier molecular flexibility index (Phi) is 5.15. The van der Waals surface area contributed by atoms with Crippen LogP contribution in [0.3, 0.4) is 0 Å². The van der Waals surface area contributed by atoms with Crippen LogP contribution in [0.15, 0.2) is 42.7 Å². The number of carbonyl (C=O) groups is 2. The number of ether oxygens (including phenoxy) is 1. The third-order valence-corrected chi connectivity index (χ3v) is 5.36. The minimum atomic E-state index is -0.841. The maximum absolute atomic E-state index is 13.0. The molecule has 1 atom stereocenters. The largest absolute Gasteiger partial charge is 0.480 e. The fourth-order valence-corrected chi connectivity index (χ4v) is 4.03. The summed E-state index contributed by atoms with van der Waals surface area (Å²) in [6.45, 7) is 3.30. The first-order valence-corrected chi connectivity index (χ1v) is 9.47. The molecule has 0 saturated carbocycles. The lowest BCUT2D eigenvalue weighted by Gasteiger charge is -2.40. The number of aromatic nitrogens is 2. The summed E-state index contributed by atoms with van der Waals surface area (Å²) in [5.74, 6) is -0.898. The molecule has 1 aromatic heterocycles. The number of benzene rings is 1. The second-order valence-electron chi connectivity index (χ2n) is 7.52. The van der Waals surface area contributed by atoms with Gasteiger partial charge >= 0.3 is 5.97 Å². The number of hydrogen-bond donors (Lipinski definition) is 1. The topological polar surface area (TPSA) is 87.9 Å². The summed E-state index contributed by atoms with van der Waals surface area (Å²) in [6.07, 6.45) is 4.12. The van der Waals surface area contributed by atoms with Gasteiger partial charge in [-0.05, 0) is 12.0 Å². The van der Waals surface area contributed by atoms with Crippen LogP contribution in [-0.4, -0.2) is 81.5 Å². The lowest BCUT2D eigenvalue weighted by atomic mass is 10.00. The van der Waals surface area contributed by atoms with Gasteiger partial charge in [0.15, 0.2) is 0 Å². The van der Waals surface area contributed by atoms with Crippen LogP contribution >= 0.6 is 0 Å². The highest BCUT2D eigenvalue weighted by Gasteiger charge is 2.44. The molecule has 1 spiro atoms. The minimum absolute atomic E-state index is 0.00527. The van der Waals surface area contributed by atoms with Gasteiger partial charge in [-0.25, -0.2) is 0 Å². The van der Waals surface area contributed by atoms with Gasteiger partial charge in [0.1, 0.15) is 0 Å². The van der Waals surface area contributed by atoms with Gasteiger partial charge in [-0.1, -0.05) is 30.3 Å². The molecule has 0 radical (unpaired) electrons. The van der Waals surface area contributed by atoms with E-state index in [-0.39, 0.29) is 12.5 Å². The summed E-state index contributed by atoms with van der Waals surface area (Å²) in [5, 5.41) is 13.3. The Morgan fingerprint density at radius 2 is 2.00 bits per heavy atom. The Balaban J connectivity index is 1.40. The Morgan fingerprint density at radius 1 is 1.18 bits per heavy atom. The van der Waals surface area contributed by atoms with E-state index in [1.807, 2.05) is 35.2 Å². The quantitative estimate of drug-likeness (QED) is 0.825. The second kappa shape index (κ2) is 7.73. The van der Waals surface area contributed by atoms with E-state index in [9.17, 15) is 9.59 Å². The molecule has 1 aromatic carbocycles. The average Bonchev–Trinajstić information content (AvgIpc) is 3.29. The molecule has 8 nitrogen and oxygen atoms in total. The molecular formula is C20H24N4O4. The number of nitrogens with zero attached hydrogens (tertiary/aromatic N) is 4. The maximum atomic E-state index is 13.0. The van der Waals surface area contributed by atoms with E-state index in [2.05, 4.69) is 5.10 Å². The highest BCUT2D eigenvalue weighted by Crippen LogP contribution is 2.29. The zero-order chi connectivity index (χ0) is 19.6. The van der Waals surface area contributed by atoms with Gasteiger partial charge in [0, 0.05) is 25.8 Å². The molecule has 2 aliphatic rings. The molecule has 1 amide bonds. The van der Waals surface area contributed by atoms with Gasteiger partial charge in [0.25, 0.3) is 5.91 Å². The number of rotatable bonds is 5. The molecule has 4 rings (SSSR count). The lowest BCUT2D eigenvalue weighted by molar-refractivity contribution is -0.138. The van der Waals surface area contributed by atoms with Crippen LogP contribution in [0.4, 0.5) is 0 Å². The van der Waals surface area contributed by atoms with Gasteiger partial charge in [-0.2, -0.15) is 5.10 Å². The van der Waals surface area contributed by atoms with E-state index in [0.29, 0.717) is 44.9 Å². The van der Waals surface area contributed by atoms with E-state index >= 15 is 0 Å². The average molecular weight is 384 g/mol. The van der Waals surface area contributed by atoms with Crippen molar-refractivity contribution < 1.29 is 19.4 Å². The molecule has 8 heteroatoms. The molecular weight excluding hydrogens is 360 g/mol.